The van der Waals surface area contributed by atoms with Gasteiger partial charge in [0.2, 0.25) is 0 Å². The van der Waals surface area contributed by atoms with Gasteiger partial charge in [0.05, 0.1) is 32.3 Å². The van der Waals surface area contributed by atoms with Crippen LogP contribution in [0.15, 0.2) is 36.0 Å². The lowest BCUT2D eigenvalue weighted by Gasteiger charge is -2.26. The molecule has 4 aromatic heterocycles. The molecule has 1 aliphatic heterocycles. The average molecular weight is 395 g/mol. The molecule has 0 spiro atoms. The van der Waals surface area contributed by atoms with Gasteiger partial charge in [0, 0.05) is 38.6 Å². The number of ether oxygens (including phenoxy) is 1. The van der Waals surface area contributed by atoms with Crippen LogP contribution >= 0.6 is 0 Å². The van der Waals surface area contributed by atoms with E-state index >= 15 is 0 Å². The standard InChI is InChI=1S/C18H21N9O2/c28-18-13-9-20-12-27(13)17-15(24-18)16(21-2-4-25-5-7-29-8-6-25)22-14(23-17)10-26-3-1-19-11-26/h1,3,9,11-12H,2,4-8,10H2,(H,24,28)(H,21,22,23). The number of hydrogen-bond donors (Lipinski definition) is 2. The Labute approximate surface area is 165 Å². The quantitative estimate of drug-likeness (QED) is 0.467. The largest absolute Gasteiger partial charge is 0.379 e. The van der Waals surface area contributed by atoms with E-state index in [9.17, 15) is 4.79 Å². The van der Waals surface area contributed by atoms with Crippen LogP contribution in [0.2, 0.25) is 0 Å². The number of hydrogen-bond acceptors (Lipinski definition) is 8. The van der Waals surface area contributed by atoms with E-state index in [1.165, 1.54) is 6.20 Å². The molecular weight excluding hydrogens is 374 g/mol. The molecule has 1 fully saturated rings. The highest BCUT2D eigenvalue weighted by Crippen LogP contribution is 2.18. The van der Waals surface area contributed by atoms with Crippen LogP contribution in [0.3, 0.4) is 0 Å². The fraction of sp³-hybridized carbons (Fsp3) is 0.389. The van der Waals surface area contributed by atoms with Gasteiger partial charge in [-0.05, 0) is 0 Å². The van der Waals surface area contributed by atoms with E-state index in [-0.39, 0.29) is 5.56 Å². The number of aromatic amines is 1. The van der Waals surface area contributed by atoms with Gasteiger partial charge in [0.1, 0.15) is 17.4 Å². The second kappa shape index (κ2) is 7.60. The highest BCUT2D eigenvalue weighted by molar-refractivity contribution is 5.84. The Balaban J connectivity index is 1.50. The lowest BCUT2D eigenvalue weighted by Crippen LogP contribution is -2.39. The van der Waals surface area contributed by atoms with E-state index in [1.54, 1.807) is 23.3 Å². The maximum atomic E-state index is 12.4. The summed E-state index contributed by atoms with van der Waals surface area (Å²) >= 11 is 0. The molecule has 0 atom stereocenters. The maximum Gasteiger partial charge on any atom is 0.274 e. The van der Waals surface area contributed by atoms with Crippen LogP contribution < -0.4 is 10.9 Å². The Hall–Kier alpha value is -3.31. The molecule has 0 saturated carbocycles. The zero-order chi connectivity index (χ0) is 19.6. The molecule has 4 aromatic rings. The Kier molecular flexibility index (Phi) is 4.66. The van der Waals surface area contributed by atoms with Crippen LogP contribution in [-0.2, 0) is 11.3 Å². The number of nitrogens with zero attached hydrogens (tertiary/aromatic N) is 7. The summed E-state index contributed by atoms with van der Waals surface area (Å²) in [5, 5.41) is 3.38. The third kappa shape index (κ3) is 3.57. The number of fused-ring (bicyclic) bond motifs is 3. The fourth-order valence-electron chi connectivity index (χ4n) is 3.49. The molecule has 1 saturated heterocycles. The second-order valence-electron chi connectivity index (χ2n) is 6.91. The van der Waals surface area contributed by atoms with Gasteiger partial charge in [-0.15, -0.1) is 0 Å². The number of morpholine rings is 1. The van der Waals surface area contributed by atoms with Crippen LogP contribution in [-0.4, -0.2) is 78.2 Å². The Morgan fingerprint density at radius 1 is 1.17 bits per heavy atom. The minimum atomic E-state index is -0.225. The summed E-state index contributed by atoms with van der Waals surface area (Å²) in [6.45, 7) is 5.40. The summed E-state index contributed by atoms with van der Waals surface area (Å²) < 4.78 is 8.99. The molecule has 1 aliphatic rings. The van der Waals surface area contributed by atoms with Crippen molar-refractivity contribution >= 4 is 22.5 Å². The zero-order valence-corrected chi connectivity index (χ0v) is 15.8. The predicted octanol–water partition coefficient (Wildman–Crippen LogP) is -0.0453. The normalized spacial score (nSPS) is 15.3. The monoisotopic (exact) mass is 395 g/mol. The topological polar surface area (TPSA) is 118 Å². The number of anilines is 1. The highest BCUT2D eigenvalue weighted by atomic mass is 16.5. The number of rotatable bonds is 6. The molecule has 11 nitrogen and oxygen atoms in total. The van der Waals surface area contributed by atoms with E-state index in [0.29, 0.717) is 41.4 Å². The summed E-state index contributed by atoms with van der Waals surface area (Å²) in [5.74, 6) is 1.22. The molecule has 0 radical (unpaired) electrons. The van der Waals surface area contributed by atoms with Gasteiger partial charge >= 0.3 is 0 Å². The molecule has 5 heterocycles. The van der Waals surface area contributed by atoms with Crippen molar-refractivity contribution in [3.63, 3.8) is 0 Å². The van der Waals surface area contributed by atoms with Gasteiger partial charge in [-0.2, -0.15) is 0 Å². The molecule has 0 unspecified atom stereocenters. The van der Waals surface area contributed by atoms with Gasteiger partial charge in [0.15, 0.2) is 17.3 Å². The zero-order valence-electron chi connectivity index (χ0n) is 15.8. The molecule has 0 amide bonds. The number of imidazole rings is 2. The molecule has 29 heavy (non-hydrogen) atoms. The average Bonchev–Trinajstić information content (AvgIpc) is 3.42. The molecule has 11 heteroatoms. The SMILES string of the molecule is O=c1[nH]c2c(NCCN3CCOCC3)nc(Cn3ccnc3)nc2n2cncc12. The van der Waals surface area contributed by atoms with Crippen LogP contribution in [0.5, 0.6) is 0 Å². The van der Waals surface area contributed by atoms with E-state index in [1.807, 2.05) is 10.8 Å². The number of aromatic nitrogens is 7. The van der Waals surface area contributed by atoms with Crippen LogP contribution in [0, 0.1) is 0 Å². The summed E-state index contributed by atoms with van der Waals surface area (Å²) in [6, 6.07) is 0. The first-order valence-corrected chi connectivity index (χ1v) is 9.52. The summed E-state index contributed by atoms with van der Waals surface area (Å²) in [4.78, 5) is 35.2. The Morgan fingerprint density at radius 3 is 2.90 bits per heavy atom. The smallest absolute Gasteiger partial charge is 0.274 e. The number of nitrogens with one attached hydrogen (secondary N) is 2. The predicted molar refractivity (Wildman–Crippen MR) is 106 cm³/mol. The third-order valence-electron chi connectivity index (χ3n) is 4.98. The highest BCUT2D eigenvalue weighted by Gasteiger charge is 2.15. The van der Waals surface area contributed by atoms with Crippen molar-refractivity contribution in [3.05, 3.63) is 47.4 Å². The van der Waals surface area contributed by atoms with Crippen molar-refractivity contribution in [1.82, 2.24) is 38.8 Å². The first-order valence-electron chi connectivity index (χ1n) is 9.52. The van der Waals surface area contributed by atoms with Crippen LogP contribution in [0.4, 0.5) is 5.82 Å². The lowest BCUT2D eigenvalue weighted by molar-refractivity contribution is 0.0398. The fourth-order valence-corrected chi connectivity index (χ4v) is 3.49. The van der Waals surface area contributed by atoms with Gasteiger partial charge in [-0.25, -0.2) is 19.9 Å². The van der Waals surface area contributed by atoms with Crippen molar-refractivity contribution in [2.24, 2.45) is 0 Å². The van der Waals surface area contributed by atoms with Gasteiger partial charge in [-0.1, -0.05) is 0 Å². The molecule has 2 N–H and O–H groups in total. The van der Waals surface area contributed by atoms with Crippen molar-refractivity contribution in [3.8, 4) is 0 Å². The van der Waals surface area contributed by atoms with Crippen molar-refractivity contribution in [2.45, 2.75) is 6.54 Å². The first kappa shape index (κ1) is 17.8. The maximum absolute atomic E-state index is 12.4. The minimum absolute atomic E-state index is 0.225. The van der Waals surface area contributed by atoms with E-state index in [4.69, 9.17) is 4.74 Å². The Bertz CT molecular complexity index is 1180. The van der Waals surface area contributed by atoms with E-state index < -0.39 is 0 Å². The molecule has 0 aliphatic carbocycles. The van der Waals surface area contributed by atoms with Crippen molar-refractivity contribution in [2.75, 3.05) is 44.7 Å². The van der Waals surface area contributed by atoms with Crippen molar-refractivity contribution < 1.29 is 4.74 Å². The van der Waals surface area contributed by atoms with Gasteiger partial charge < -0.3 is 19.6 Å². The minimum Gasteiger partial charge on any atom is -0.379 e. The van der Waals surface area contributed by atoms with Crippen LogP contribution in [0.25, 0.3) is 16.7 Å². The summed E-state index contributed by atoms with van der Waals surface area (Å²) in [5.41, 5.74) is 1.40. The van der Waals surface area contributed by atoms with Gasteiger partial charge in [-0.3, -0.25) is 14.1 Å². The molecule has 5 rings (SSSR count). The van der Waals surface area contributed by atoms with E-state index in [0.717, 1.165) is 32.8 Å². The number of H-pyrrole nitrogens is 1. The second-order valence-corrected chi connectivity index (χ2v) is 6.91. The third-order valence-corrected chi connectivity index (χ3v) is 4.98. The molecular formula is C18H21N9O2. The molecule has 0 bridgehead atoms. The first-order chi connectivity index (χ1) is 14.3. The van der Waals surface area contributed by atoms with Crippen LogP contribution in [0.1, 0.15) is 5.82 Å². The van der Waals surface area contributed by atoms with Gasteiger partial charge in [0.25, 0.3) is 5.56 Å². The molecule has 150 valence electrons. The Morgan fingerprint density at radius 2 is 2.07 bits per heavy atom. The molecule has 0 aromatic carbocycles. The van der Waals surface area contributed by atoms with Crippen molar-refractivity contribution in [1.29, 1.82) is 0 Å². The summed E-state index contributed by atoms with van der Waals surface area (Å²) in [7, 11) is 0. The lowest BCUT2D eigenvalue weighted by atomic mass is 10.3. The van der Waals surface area contributed by atoms with E-state index in [2.05, 4.69) is 35.1 Å². The summed E-state index contributed by atoms with van der Waals surface area (Å²) in [6.07, 6.45) is 8.42.